The van der Waals surface area contributed by atoms with Crippen LogP contribution in [-0.2, 0) is 9.59 Å². The van der Waals surface area contributed by atoms with Crippen molar-refractivity contribution in [3.8, 4) is 0 Å². The SMILES string of the molecule is O.O=C([O-])[C@H](O)[C@@H](O)C(=O)O.c1ccc2[nH+]cccc2c1. The van der Waals surface area contributed by atoms with Crippen LogP contribution in [0.15, 0.2) is 42.6 Å². The predicted molar refractivity (Wildman–Crippen MR) is 68.8 cm³/mol. The van der Waals surface area contributed by atoms with Gasteiger partial charge in [-0.15, -0.1) is 0 Å². The number of para-hydroxylation sites is 1. The minimum Gasteiger partial charge on any atom is -0.547 e. The van der Waals surface area contributed by atoms with Gasteiger partial charge in [-0.2, -0.15) is 0 Å². The number of aliphatic hydroxyl groups is 2. The van der Waals surface area contributed by atoms with Gasteiger partial charge in [0.2, 0.25) is 5.52 Å². The van der Waals surface area contributed by atoms with E-state index in [1.165, 1.54) is 10.9 Å². The standard InChI is InChI=1S/C9H7N.C4H6O6.H2O/c1-2-6-9-8(4-1)5-3-7-10-9;5-1(3(7)8)2(6)4(9)10;/h1-7H;1-2,5-6H,(H,7,8)(H,9,10);1H2/t;1-,2-;/m.1./s1. The molecule has 1 aromatic heterocycles. The molecule has 0 aliphatic heterocycles. The van der Waals surface area contributed by atoms with E-state index in [1.54, 1.807) is 0 Å². The van der Waals surface area contributed by atoms with Gasteiger partial charge < -0.3 is 30.7 Å². The van der Waals surface area contributed by atoms with E-state index in [2.05, 4.69) is 23.2 Å². The maximum absolute atomic E-state index is 9.74. The number of rotatable bonds is 3. The highest BCUT2D eigenvalue weighted by atomic mass is 16.4. The zero-order valence-electron chi connectivity index (χ0n) is 10.8. The van der Waals surface area contributed by atoms with Gasteiger partial charge in [0, 0.05) is 17.5 Å². The Hall–Kier alpha value is -2.55. The molecule has 0 unspecified atom stereocenters. The van der Waals surface area contributed by atoms with E-state index in [-0.39, 0.29) is 5.48 Å². The van der Waals surface area contributed by atoms with Crippen LogP contribution in [-0.4, -0.2) is 44.9 Å². The average Bonchev–Trinajstić information content (AvgIpc) is 2.46. The number of H-pyrrole nitrogens is 1. The van der Waals surface area contributed by atoms with E-state index in [9.17, 15) is 14.7 Å². The van der Waals surface area contributed by atoms with Gasteiger partial charge in [-0.25, -0.2) is 9.78 Å². The molecule has 0 bridgehead atoms. The number of carboxylic acid groups (broad SMARTS) is 2. The molecule has 0 fully saturated rings. The van der Waals surface area contributed by atoms with Crippen LogP contribution in [0.3, 0.4) is 0 Å². The number of carbonyl (C=O) groups excluding carboxylic acids is 1. The molecule has 8 heteroatoms. The summed E-state index contributed by atoms with van der Waals surface area (Å²) in [5.41, 5.74) is 1.19. The lowest BCUT2D eigenvalue weighted by molar-refractivity contribution is -0.344. The quantitative estimate of drug-likeness (QED) is 0.561. The molecule has 114 valence electrons. The Morgan fingerprint density at radius 2 is 1.62 bits per heavy atom. The molecule has 1 heterocycles. The highest BCUT2D eigenvalue weighted by Gasteiger charge is 2.23. The number of hydrogen-bond donors (Lipinski definition) is 3. The molecule has 6 N–H and O–H groups in total. The van der Waals surface area contributed by atoms with Crippen LogP contribution in [0.5, 0.6) is 0 Å². The Balaban J connectivity index is 0.000000364. The van der Waals surface area contributed by atoms with Crippen molar-refractivity contribution in [3.05, 3.63) is 42.6 Å². The third-order valence-corrected chi connectivity index (χ3v) is 2.37. The predicted octanol–water partition coefficient (Wildman–Crippen LogP) is -2.63. The Labute approximate surface area is 119 Å². The minimum absolute atomic E-state index is 0. The van der Waals surface area contributed by atoms with Gasteiger partial charge in [0.15, 0.2) is 12.3 Å². The summed E-state index contributed by atoms with van der Waals surface area (Å²) in [7, 11) is 0. The smallest absolute Gasteiger partial charge is 0.335 e. The Morgan fingerprint density at radius 3 is 2.10 bits per heavy atom. The highest BCUT2D eigenvalue weighted by molar-refractivity contribution is 5.82. The summed E-state index contributed by atoms with van der Waals surface area (Å²) in [6, 6.07) is 12.3. The number of carbonyl (C=O) groups is 2. The molecule has 21 heavy (non-hydrogen) atoms. The fourth-order valence-electron chi connectivity index (χ4n) is 1.33. The van der Waals surface area contributed by atoms with Gasteiger partial charge in [-0.3, -0.25) is 0 Å². The monoisotopic (exact) mass is 297 g/mol. The number of hydrogen-bond acceptors (Lipinski definition) is 5. The van der Waals surface area contributed by atoms with Crippen LogP contribution in [0.2, 0.25) is 0 Å². The lowest BCUT2D eigenvalue weighted by Crippen LogP contribution is -2.46. The fourth-order valence-corrected chi connectivity index (χ4v) is 1.33. The number of pyridine rings is 1. The molecule has 2 aromatic rings. The van der Waals surface area contributed by atoms with Crippen LogP contribution in [0.4, 0.5) is 0 Å². The zero-order valence-corrected chi connectivity index (χ0v) is 10.8. The van der Waals surface area contributed by atoms with Crippen molar-refractivity contribution in [2.24, 2.45) is 0 Å². The molecule has 8 nitrogen and oxygen atoms in total. The molecule has 1 aromatic carbocycles. The summed E-state index contributed by atoms with van der Waals surface area (Å²) in [5.74, 6) is -3.83. The lowest BCUT2D eigenvalue weighted by Gasteiger charge is -2.13. The van der Waals surface area contributed by atoms with Gasteiger partial charge in [0.05, 0.1) is 5.97 Å². The van der Waals surface area contributed by atoms with Gasteiger partial charge in [0.1, 0.15) is 6.10 Å². The summed E-state index contributed by atoms with van der Waals surface area (Å²) < 4.78 is 0. The van der Waals surface area contributed by atoms with Gasteiger partial charge >= 0.3 is 5.97 Å². The molecule has 0 aliphatic carbocycles. The van der Waals surface area contributed by atoms with Crippen LogP contribution < -0.4 is 10.1 Å². The second-order valence-electron chi connectivity index (χ2n) is 3.80. The number of aromatic amines is 1. The van der Waals surface area contributed by atoms with Gasteiger partial charge in [-0.05, 0) is 12.1 Å². The molecule has 2 atom stereocenters. The first kappa shape index (κ1) is 18.4. The molecule has 0 spiro atoms. The maximum atomic E-state index is 9.74. The molecular formula is C13H15NO7. The second-order valence-corrected chi connectivity index (χ2v) is 3.80. The third-order valence-electron chi connectivity index (χ3n) is 2.37. The molecule has 0 saturated carbocycles. The molecule has 0 amide bonds. The molecule has 0 aliphatic rings. The number of aliphatic carboxylic acids is 2. The average molecular weight is 297 g/mol. The molecule has 0 saturated heterocycles. The molecule has 0 radical (unpaired) electrons. The minimum atomic E-state index is -2.38. The maximum Gasteiger partial charge on any atom is 0.335 e. The molecular weight excluding hydrogens is 282 g/mol. The fraction of sp³-hybridized carbons (Fsp3) is 0.154. The largest absolute Gasteiger partial charge is 0.547 e. The van der Waals surface area contributed by atoms with E-state index < -0.39 is 24.1 Å². The number of aliphatic hydroxyl groups excluding tert-OH is 2. The van der Waals surface area contributed by atoms with Crippen molar-refractivity contribution >= 4 is 22.8 Å². The molecule has 2 rings (SSSR count). The van der Waals surface area contributed by atoms with Crippen LogP contribution in [0.25, 0.3) is 10.9 Å². The summed E-state index contributed by atoms with van der Waals surface area (Å²) in [5, 5.41) is 35.4. The van der Waals surface area contributed by atoms with E-state index in [4.69, 9.17) is 15.3 Å². The summed E-state index contributed by atoms with van der Waals surface area (Å²) in [6.45, 7) is 0. The Morgan fingerprint density at radius 1 is 1.05 bits per heavy atom. The van der Waals surface area contributed by atoms with E-state index >= 15 is 0 Å². The normalized spacial score (nSPS) is 12.3. The van der Waals surface area contributed by atoms with Gasteiger partial charge in [-0.1, -0.05) is 12.1 Å². The number of benzene rings is 1. The van der Waals surface area contributed by atoms with E-state index in [1.807, 2.05) is 24.4 Å². The number of fused-ring (bicyclic) bond motifs is 1. The van der Waals surface area contributed by atoms with Crippen molar-refractivity contribution in [3.63, 3.8) is 0 Å². The topological polar surface area (TPSA) is 164 Å². The summed E-state index contributed by atoms with van der Waals surface area (Å²) >= 11 is 0. The third kappa shape index (κ3) is 5.53. The Kier molecular flexibility index (Phi) is 7.54. The first-order valence-corrected chi connectivity index (χ1v) is 5.58. The van der Waals surface area contributed by atoms with Crippen LogP contribution in [0.1, 0.15) is 0 Å². The van der Waals surface area contributed by atoms with E-state index in [0.29, 0.717) is 0 Å². The van der Waals surface area contributed by atoms with Crippen molar-refractivity contribution in [1.82, 2.24) is 0 Å². The first-order chi connectivity index (χ1) is 9.43. The first-order valence-electron chi connectivity index (χ1n) is 5.58. The highest BCUT2D eigenvalue weighted by Crippen LogP contribution is 2.04. The summed E-state index contributed by atoms with van der Waals surface area (Å²) in [4.78, 5) is 22.6. The van der Waals surface area contributed by atoms with Gasteiger partial charge in [0.25, 0.3) is 0 Å². The van der Waals surface area contributed by atoms with Crippen molar-refractivity contribution in [2.75, 3.05) is 0 Å². The van der Waals surface area contributed by atoms with Crippen molar-refractivity contribution < 1.29 is 40.5 Å². The number of carboxylic acids is 2. The van der Waals surface area contributed by atoms with Crippen LogP contribution >= 0.6 is 0 Å². The zero-order chi connectivity index (χ0) is 15.1. The summed E-state index contributed by atoms with van der Waals surface area (Å²) in [6.07, 6.45) is -2.77. The number of nitrogens with one attached hydrogen (secondary N) is 1. The van der Waals surface area contributed by atoms with Crippen LogP contribution in [0, 0.1) is 0 Å². The van der Waals surface area contributed by atoms with E-state index in [0.717, 1.165) is 0 Å². The van der Waals surface area contributed by atoms with Crippen molar-refractivity contribution in [1.29, 1.82) is 0 Å². The second kappa shape index (κ2) is 8.59. The van der Waals surface area contributed by atoms with Crippen molar-refractivity contribution in [2.45, 2.75) is 12.2 Å². The Bertz CT molecular complexity index is 518. The number of aromatic nitrogens is 1. The lowest BCUT2D eigenvalue weighted by atomic mass is 10.2.